The van der Waals surface area contributed by atoms with Gasteiger partial charge in [-0.1, -0.05) is 60.5 Å². The Balaban J connectivity index is 2.44. The van der Waals surface area contributed by atoms with Gasteiger partial charge >= 0.3 is 0 Å². The fraction of sp³-hybridized carbons (Fsp3) is 0.375. The highest BCUT2D eigenvalue weighted by Crippen LogP contribution is 2.39. The van der Waals surface area contributed by atoms with Crippen molar-refractivity contribution in [3.8, 4) is 0 Å². The van der Waals surface area contributed by atoms with Crippen molar-refractivity contribution in [2.45, 2.75) is 49.8 Å². The highest BCUT2D eigenvalue weighted by Gasteiger charge is 2.39. The lowest BCUT2D eigenvalue weighted by Gasteiger charge is -2.35. The maximum Gasteiger partial charge on any atom is 0.240 e. The van der Waals surface area contributed by atoms with Crippen molar-refractivity contribution >= 4 is 29.1 Å². The van der Waals surface area contributed by atoms with Gasteiger partial charge in [-0.05, 0) is 54.7 Å². The van der Waals surface area contributed by atoms with E-state index in [0.29, 0.717) is 22.0 Å². The summed E-state index contributed by atoms with van der Waals surface area (Å²) in [5.41, 5.74) is 6.66. The number of halogens is 2. The number of nitrogens with two attached hydrogens (primary N) is 1. The third-order valence-corrected chi connectivity index (χ3v) is 5.95. The van der Waals surface area contributed by atoms with Gasteiger partial charge in [-0.2, -0.15) is 0 Å². The van der Waals surface area contributed by atoms with Gasteiger partial charge in [0.1, 0.15) is 0 Å². The quantitative estimate of drug-likeness (QED) is 0.371. The van der Waals surface area contributed by atoms with E-state index in [1.54, 1.807) is 48.5 Å². The lowest BCUT2D eigenvalue weighted by Crippen LogP contribution is -2.57. The lowest BCUT2D eigenvalue weighted by atomic mass is 9.77. The van der Waals surface area contributed by atoms with Crippen molar-refractivity contribution in [3.05, 3.63) is 82.4 Å². The zero-order valence-corrected chi connectivity index (χ0v) is 19.1. The van der Waals surface area contributed by atoms with Crippen molar-refractivity contribution < 1.29 is 15.0 Å². The number of carbonyl (C=O) groups excluding carboxylic acids is 1. The molecule has 0 unspecified atom stereocenters. The third kappa shape index (κ3) is 6.79. The van der Waals surface area contributed by atoms with Gasteiger partial charge < -0.3 is 21.3 Å². The number of hydrogen-bond donors (Lipinski definition) is 4. The molecule has 0 aliphatic rings. The van der Waals surface area contributed by atoms with E-state index in [-0.39, 0.29) is 19.4 Å². The molecule has 2 rings (SSSR count). The number of aliphatic hydroxyl groups is 2. The Labute approximate surface area is 193 Å². The molecule has 0 spiro atoms. The molecule has 0 radical (unpaired) electrons. The van der Waals surface area contributed by atoms with Crippen LogP contribution in [0.25, 0.3) is 0 Å². The predicted molar refractivity (Wildman–Crippen MR) is 126 cm³/mol. The molecule has 0 heterocycles. The SMILES string of the molecule is C=CC[C@@](N)(C[C@H](c1cccc(Cl)c1)[C@@H](O)c1ccc(Cl)cc1)C(=O)N[C@@H](CC)CO. The Bertz CT molecular complexity index is 871. The largest absolute Gasteiger partial charge is 0.394 e. The predicted octanol–water partition coefficient (Wildman–Crippen LogP) is 4.36. The van der Waals surface area contributed by atoms with E-state index < -0.39 is 29.5 Å². The highest BCUT2D eigenvalue weighted by atomic mass is 35.5. The molecule has 0 aromatic heterocycles. The summed E-state index contributed by atoms with van der Waals surface area (Å²) in [5.74, 6) is -0.923. The van der Waals surface area contributed by atoms with Crippen molar-refractivity contribution in [2.24, 2.45) is 5.73 Å². The number of aliphatic hydroxyl groups excluding tert-OH is 2. The van der Waals surface area contributed by atoms with Crippen molar-refractivity contribution in [3.63, 3.8) is 0 Å². The molecule has 4 atom stereocenters. The molecule has 1 amide bonds. The fourth-order valence-corrected chi connectivity index (χ4v) is 3.89. The second-order valence-electron chi connectivity index (χ2n) is 7.77. The van der Waals surface area contributed by atoms with E-state index in [1.165, 1.54) is 0 Å². The average molecular weight is 465 g/mol. The first kappa shape index (κ1) is 25.4. The van der Waals surface area contributed by atoms with Crippen LogP contribution in [-0.4, -0.2) is 34.3 Å². The van der Waals surface area contributed by atoms with Gasteiger partial charge in [0.2, 0.25) is 5.91 Å². The monoisotopic (exact) mass is 464 g/mol. The van der Waals surface area contributed by atoms with Gasteiger partial charge in [0.15, 0.2) is 0 Å². The standard InChI is InChI=1S/C24H30Cl2N2O3/c1-3-12-24(27,23(31)28-20(4-2)15-29)14-21(17-6-5-7-19(26)13-17)22(30)16-8-10-18(25)11-9-16/h3,5-11,13,20-22,29-30H,1,4,12,14-15,27H2,2H3,(H,28,31)/t20-,21+,22-,24+/m0/s1. The zero-order chi connectivity index (χ0) is 23.0. The smallest absolute Gasteiger partial charge is 0.240 e. The molecule has 0 aliphatic heterocycles. The van der Waals surface area contributed by atoms with Gasteiger partial charge in [-0.15, -0.1) is 6.58 Å². The second kappa shape index (κ2) is 11.7. The maximum atomic E-state index is 13.1. The van der Waals surface area contributed by atoms with Crippen LogP contribution in [-0.2, 0) is 4.79 Å². The Morgan fingerprint density at radius 3 is 2.42 bits per heavy atom. The summed E-state index contributed by atoms with van der Waals surface area (Å²) in [4.78, 5) is 13.1. The number of nitrogens with one attached hydrogen (secondary N) is 1. The molecule has 5 nitrogen and oxygen atoms in total. The van der Waals surface area contributed by atoms with Crippen LogP contribution < -0.4 is 11.1 Å². The van der Waals surface area contributed by atoms with Crippen molar-refractivity contribution in [2.75, 3.05) is 6.61 Å². The highest BCUT2D eigenvalue weighted by molar-refractivity contribution is 6.30. The second-order valence-corrected chi connectivity index (χ2v) is 8.65. The number of amides is 1. The van der Waals surface area contributed by atoms with Gasteiger partial charge in [-0.3, -0.25) is 4.79 Å². The van der Waals surface area contributed by atoms with Gasteiger partial charge in [0.05, 0.1) is 24.3 Å². The molecule has 0 bridgehead atoms. The number of benzene rings is 2. The first-order valence-corrected chi connectivity index (χ1v) is 11.0. The summed E-state index contributed by atoms with van der Waals surface area (Å²) < 4.78 is 0. The molecular weight excluding hydrogens is 435 g/mol. The number of carbonyl (C=O) groups is 1. The van der Waals surface area contributed by atoms with Crippen LogP contribution in [0.3, 0.4) is 0 Å². The van der Waals surface area contributed by atoms with Gasteiger partial charge in [0, 0.05) is 16.0 Å². The van der Waals surface area contributed by atoms with Crippen molar-refractivity contribution in [1.82, 2.24) is 5.32 Å². The summed E-state index contributed by atoms with van der Waals surface area (Å²) in [6.45, 7) is 5.43. The van der Waals surface area contributed by atoms with Crippen LogP contribution in [0.15, 0.2) is 61.2 Å². The van der Waals surface area contributed by atoms with E-state index in [4.69, 9.17) is 28.9 Å². The summed E-state index contributed by atoms with van der Waals surface area (Å²) in [5, 5.41) is 24.6. The minimum atomic E-state index is -1.34. The van der Waals surface area contributed by atoms with Gasteiger partial charge in [-0.25, -0.2) is 0 Å². The van der Waals surface area contributed by atoms with Crippen LogP contribution in [0.5, 0.6) is 0 Å². The van der Waals surface area contributed by atoms with Crippen LogP contribution in [0, 0.1) is 0 Å². The van der Waals surface area contributed by atoms with E-state index in [2.05, 4.69) is 11.9 Å². The minimum Gasteiger partial charge on any atom is -0.394 e. The molecule has 2 aromatic rings. The molecule has 168 valence electrons. The van der Waals surface area contributed by atoms with Crippen LogP contribution >= 0.6 is 23.2 Å². The maximum absolute atomic E-state index is 13.1. The van der Waals surface area contributed by atoms with E-state index in [9.17, 15) is 15.0 Å². The van der Waals surface area contributed by atoms with E-state index in [1.807, 2.05) is 13.0 Å². The lowest BCUT2D eigenvalue weighted by molar-refractivity contribution is -0.128. The molecular formula is C24H30Cl2N2O3. The molecule has 2 aromatic carbocycles. The normalized spacial score (nSPS) is 16.1. The Morgan fingerprint density at radius 2 is 1.87 bits per heavy atom. The third-order valence-electron chi connectivity index (χ3n) is 5.46. The number of rotatable bonds is 11. The molecule has 5 N–H and O–H groups in total. The first-order valence-electron chi connectivity index (χ1n) is 10.2. The molecule has 0 saturated heterocycles. The molecule has 0 saturated carbocycles. The van der Waals surface area contributed by atoms with Crippen LogP contribution in [0.4, 0.5) is 0 Å². The minimum absolute atomic E-state index is 0.136. The Hall–Kier alpha value is -1.89. The molecule has 0 aliphatic carbocycles. The average Bonchev–Trinajstić information content (AvgIpc) is 2.76. The van der Waals surface area contributed by atoms with E-state index >= 15 is 0 Å². The number of hydrogen-bond acceptors (Lipinski definition) is 4. The van der Waals surface area contributed by atoms with Crippen molar-refractivity contribution in [1.29, 1.82) is 0 Å². The Morgan fingerprint density at radius 1 is 1.19 bits per heavy atom. The topological polar surface area (TPSA) is 95.6 Å². The van der Waals surface area contributed by atoms with Crippen LogP contribution in [0.1, 0.15) is 49.3 Å². The van der Waals surface area contributed by atoms with E-state index in [0.717, 1.165) is 5.56 Å². The Kier molecular flexibility index (Phi) is 9.54. The fourth-order valence-electron chi connectivity index (χ4n) is 3.57. The first-order chi connectivity index (χ1) is 14.7. The summed E-state index contributed by atoms with van der Waals surface area (Å²) >= 11 is 12.2. The summed E-state index contributed by atoms with van der Waals surface area (Å²) in [6, 6.07) is 13.7. The zero-order valence-electron chi connectivity index (χ0n) is 17.6. The molecule has 0 fully saturated rings. The molecule has 7 heteroatoms. The summed E-state index contributed by atoms with van der Waals surface area (Å²) in [7, 11) is 0. The summed E-state index contributed by atoms with van der Waals surface area (Å²) in [6.07, 6.45) is 1.54. The molecule has 31 heavy (non-hydrogen) atoms. The van der Waals surface area contributed by atoms with Crippen LogP contribution in [0.2, 0.25) is 10.0 Å². The van der Waals surface area contributed by atoms with Gasteiger partial charge in [0.25, 0.3) is 0 Å².